The molecular weight excluding hydrogens is 316 g/mol. The molecule has 1 aliphatic rings. The van der Waals surface area contributed by atoms with Crippen molar-refractivity contribution >= 4 is 33.0 Å². The van der Waals surface area contributed by atoms with Gasteiger partial charge >= 0.3 is 0 Å². The molecule has 5 heteroatoms. The maximum absolute atomic E-state index is 12.3. The van der Waals surface area contributed by atoms with Gasteiger partial charge in [0.05, 0.1) is 0 Å². The van der Waals surface area contributed by atoms with Crippen molar-refractivity contribution in [3.8, 4) is 11.5 Å². The van der Waals surface area contributed by atoms with Gasteiger partial charge < -0.3 is 9.47 Å². The molecular formula is C13H9BrO3S. The number of ether oxygens (including phenoxy) is 2. The molecule has 0 N–H and O–H groups in total. The highest BCUT2D eigenvalue weighted by Crippen LogP contribution is 2.36. The van der Waals surface area contributed by atoms with Gasteiger partial charge in [0.1, 0.15) is 13.2 Å². The zero-order chi connectivity index (χ0) is 12.5. The quantitative estimate of drug-likeness (QED) is 0.793. The Morgan fingerprint density at radius 1 is 1.22 bits per heavy atom. The fraction of sp³-hybridized carbons (Fsp3) is 0.154. The molecule has 0 spiro atoms. The van der Waals surface area contributed by atoms with Crippen LogP contribution in [0.2, 0.25) is 0 Å². The fourth-order valence-corrected chi connectivity index (χ4v) is 2.93. The van der Waals surface area contributed by atoms with E-state index in [1.54, 1.807) is 12.1 Å². The molecule has 1 aromatic heterocycles. The summed E-state index contributed by atoms with van der Waals surface area (Å²) in [5.41, 5.74) is 1.29. The minimum absolute atomic E-state index is 0.0138. The van der Waals surface area contributed by atoms with Crippen LogP contribution >= 0.6 is 27.3 Å². The Bertz CT molecular complexity index is 593. The molecule has 0 saturated carbocycles. The number of thiophene rings is 1. The molecule has 0 aliphatic carbocycles. The van der Waals surface area contributed by atoms with Crippen LogP contribution in [-0.2, 0) is 0 Å². The molecule has 0 fully saturated rings. The second-order valence-electron chi connectivity index (χ2n) is 3.82. The first kappa shape index (κ1) is 11.7. The number of halogens is 1. The normalized spacial score (nSPS) is 13.4. The molecule has 0 amide bonds. The van der Waals surface area contributed by atoms with Gasteiger partial charge in [-0.25, -0.2) is 0 Å². The van der Waals surface area contributed by atoms with Gasteiger partial charge in [0.15, 0.2) is 17.3 Å². The molecule has 18 heavy (non-hydrogen) atoms. The van der Waals surface area contributed by atoms with Crippen molar-refractivity contribution in [3.05, 3.63) is 44.6 Å². The number of benzene rings is 1. The van der Waals surface area contributed by atoms with Crippen molar-refractivity contribution in [2.45, 2.75) is 0 Å². The highest BCUT2D eigenvalue weighted by Gasteiger charge is 2.19. The van der Waals surface area contributed by atoms with Gasteiger partial charge in [-0.2, -0.15) is 11.3 Å². The summed E-state index contributed by atoms with van der Waals surface area (Å²) in [6.45, 7) is 1.05. The van der Waals surface area contributed by atoms with Crippen LogP contribution in [0.3, 0.4) is 0 Å². The van der Waals surface area contributed by atoms with Crippen LogP contribution in [0.1, 0.15) is 15.9 Å². The number of hydrogen-bond donors (Lipinski definition) is 0. The molecule has 1 aliphatic heterocycles. The molecule has 0 unspecified atom stereocenters. The third-order valence-corrected chi connectivity index (χ3v) is 4.00. The predicted molar refractivity (Wildman–Crippen MR) is 72.9 cm³/mol. The minimum Gasteiger partial charge on any atom is -0.486 e. The minimum atomic E-state index is -0.0138. The van der Waals surface area contributed by atoms with Crippen LogP contribution in [-0.4, -0.2) is 19.0 Å². The number of rotatable bonds is 2. The van der Waals surface area contributed by atoms with E-state index in [0.717, 1.165) is 4.47 Å². The SMILES string of the molecule is O=C(c1ccsc1)c1cc2c(cc1Br)OCCO2. The van der Waals surface area contributed by atoms with Gasteiger partial charge in [-0.3, -0.25) is 4.79 Å². The zero-order valence-corrected chi connectivity index (χ0v) is 11.7. The number of carbonyl (C=O) groups excluding carboxylic acids is 1. The molecule has 2 heterocycles. The van der Waals surface area contributed by atoms with Crippen molar-refractivity contribution in [2.75, 3.05) is 13.2 Å². The molecule has 3 nitrogen and oxygen atoms in total. The maximum atomic E-state index is 12.3. The van der Waals surface area contributed by atoms with Crippen molar-refractivity contribution in [1.82, 2.24) is 0 Å². The second-order valence-corrected chi connectivity index (χ2v) is 5.45. The number of ketones is 1. The third-order valence-electron chi connectivity index (χ3n) is 2.66. The third kappa shape index (κ3) is 2.04. The summed E-state index contributed by atoms with van der Waals surface area (Å²) in [6.07, 6.45) is 0. The molecule has 2 aromatic rings. The van der Waals surface area contributed by atoms with Crippen LogP contribution in [0.25, 0.3) is 0 Å². The monoisotopic (exact) mass is 324 g/mol. The summed E-state index contributed by atoms with van der Waals surface area (Å²) >= 11 is 4.91. The number of fused-ring (bicyclic) bond motifs is 1. The lowest BCUT2D eigenvalue weighted by Crippen LogP contribution is -2.16. The first-order valence-corrected chi connectivity index (χ1v) is 7.15. The van der Waals surface area contributed by atoms with Crippen LogP contribution in [0.15, 0.2) is 33.4 Å². The maximum Gasteiger partial charge on any atom is 0.195 e. The highest BCUT2D eigenvalue weighted by atomic mass is 79.9. The summed E-state index contributed by atoms with van der Waals surface area (Å²) in [7, 11) is 0. The largest absolute Gasteiger partial charge is 0.486 e. The van der Waals surface area contributed by atoms with Gasteiger partial charge in [-0.15, -0.1) is 0 Å². The smallest absolute Gasteiger partial charge is 0.195 e. The van der Waals surface area contributed by atoms with Crippen LogP contribution in [0, 0.1) is 0 Å². The zero-order valence-electron chi connectivity index (χ0n) is 9.31. The molecule has 0 bridgehead atoms. The van der Waals surface area contributed by atoms with Crippen LogP contribution in [0.5, 0.6) is 11.5 Å². The first-order valence-electron chi connectivity index (χ1n) is 5.42. The van der Waals surface area contributed by atoms with E-state index >= 15 is 0 Å². The molecule has 92 valence electrons. The Balaban J connectivity index is 2.04. The summed E-state index contributed by atoms with van der Waals surface area (Å²) < 4.78 is 11.7. The summed E-state index contributed by atoms with van der Waals surface area (Å²) in [5, 5.41) is 3.73. The summed E-state index contributed by atoms with van der Waals surface area (Å²) in [4.78, 5) is 12.3. The average molecular weight is 325 g/mol. The Morgan fingerprint density at radius 3 is 2.61 bits per heavy atom. The number of carbonyl (C=O) groups is 1. The Morgan fingerprint density at radius 2 is 1.94 bits per heavy atom. The Kier molecular flexibility index (Phi) is 3.09. The molecule has 0 atom stereocenters. The lowest BCUT2D eigenvalue weighted by Gasteiger charge is -2.19. The van der Waals surface area contributed by atoms with Gasteiger partial charge in [0.25, 0.3) is 0 Å². The Labute approximate surface area is 116 Å². The number of hydrogen-bond acceptors (Lipinski definition) is 4. The van der Waals surface area contributed by atoms with Crippen molar-refractivity contribution in [2.24, 2.45) is 0 Å². The lowest BCUT2D eigenvalue weighted by atomic mass is 10.1. The Hall–Kier alpha value is -1.33. The van der Waals surface area contributed by atoms with Crippen LogP contribution in [0.4, 0.5) is 0 Å². The van der Waals surface area contributed by atoms with E-state index in [4.69, 9.17) is 9.47 Å². The van der Waals surface area contributed by atoms with Crippen LogP contribution < -0.4 is 9.47 Å². The molecule has 0 radical (unpaired) electrons. The van der Waals surface area contributed by atoms with E-state index in [2.05, 4.69) is 15.9 Å². The first-order chi connectivity index (χ1) is 8.75. The second kappa shape index (κ2) is 4.74. The summed E-state index contributed by atoms with van der Waals surface area (Å²) in [5.74, 6) is 1.29. The topological polar surface area (TPSA) is 35.5 Å². The predicted octanol–water partition coefficient (Wildman–Crippen LogP) is 3.51. The standard InChI is InChI=1S/C13H9BrO3S/c14-10-6-12-11(16-2-3-17-12)5-9(10)13(15)8-1-4-18-7-8/h1,4-7H,2-3H2. The van der Waals surface area contributed by atoms with E-state index in [0.29, 0.717) is 35.8 Å². The van der Waals surface area contributed by atoms with E-state index in [1.807, 2.05) is 16.8 Å². The van der Waals surface area contributed by atoms with Gasteiger partial charge in [-0.1, -0.05) is 0 Å². The fourth-order valence-electron chi connectivity index (χ4n) is 1.79. The van der Waals surface area contributed by atoms with E-state index in [9.17, 15) is 4.79 Å². The van der Waals surface area contributed by atoms with E-state index in [-0.39, 0.29) is 5.78 Å². The van der Waals surface area contributed by atoms with Gasteiger partial charge in [0.2, 0.25) is 0 Å². The highest BCUT2D eigenvalue weighted by molar-refractivity contribution is 9.10. The molecule has 1 aromatic carbocycles. The molecule has 0 saturated heterocycles. The molecule has 3 rings (SSSR count). The average Bonchev–Trinajstić information content (AvgIpc) is 2.91. The van der Waals surface area contributed by atoms with Gasteiger partial charge in [-0.05, 0) is 39.5 Å². The van der Waals surface area contributed by atoms with E-state index < -0.39 is 0 Å². The van der Waals surface area contributed by atoms with E-state index in [1.165, 1.54) is 11.3 Å². The van der Waals surface area contributed by atoms with Crippen molar-refractivity contribution in [3.63, 3.8) is 0 Å². The lowest BCUT2D eigenvalue weighted by molar-refractivity contribution is 0.103. The van der Waals surface area contributed by atoms with Gasteiger partial charge in [0, 0.05) is 21.0 Å². The summed E-state index contributed by atoms with van der Waals surface area (Å²) in [6, 6.07) is 5.34. The van der Waals surface area contributed by atoms with Crippen molar-refractivity contribution < 1.29 is 14.3 Å². The van der Waals surface area contributed by atoms with Crippen molar-refractivity contribution in [1.29, 1.82) is 0 Å².